The first-order chi connectivity index (χ1) is 15.9. The number of hydrogen-bond acceptors (Lipinski definition) is 4. The quantitative estimate of drug-likeness (QED) is 0.477. The first-order valence-electron chi connectivity index (χ1n) is 11.8. The Bertz CT molecular complexity index is 1110. The van der Waals surface area contributed by atoms with Crippen molar-refractivity contribution in [3.05, 3.63) is 88.7 Å². The maximum absolute atomic E-state index is 11.5. The van der Waals surface area contributed by atoms with Gasteiger partial charge in [0, 0.05) is 36.9 Å². The zero-order chi connectivity index (χ0) is 23.4. The van der Waals surface area contributed by atoms with Crippen molar-refractivity contribution in [3.8, 4) is 0 Å². The van der Waals surface area contributed by atoms with E-state index in [1.165, 1.54) is 28.1 Å². The second kappa shape index (κ2) is 10.2. The molecular weight excluding hydrogens is 410 g/mol. The number of benzene rings is 2. The molecule has 3 aromatic rings. The Morgan fingerprint density at radius 1 is 1.15 bits per heavy atom. The summed E-state index contributed by atoms with van der Waals surface area (Å²) in [6.45, 7) is 5.39. The van der Waals surface area contributed by atoms with E-state index in [2.05, 4.69) is 78.6 Å². The lowest BCUT2D eigenvalue weighted by Crippen LogP contribution is -2.22. The zero-order valence-electron chi connectivity index (χ0n) is 19.7. The summed E-state index contributed by atoms with van der Waals surface area (Å²) >= 11 is 0. The van der Waals surface area contributed by atoms with Gasteiger partial charge in [0.15, 0.2) is 0 Å². The Kier molecular flexibility index (Phi) is 7.09. The van der Waals surface area contributed by atoms with Crippen LogP contribution in [-0.4, -0.2) is 29.7 Å². The van der Waals surface area contributed by atoms with Crippen LogP contribution in [0.25, 0.3) is 0 Å². The number of aromatic carboxylic acids is 1. The van der Waals surface area contributed by atoms with Crippen molar-refractivity contribution in [1.82, 2.24) is 10.3 Å². The van der Waals surface area contributed by atoms with Crippen LogP contribution in [0.15, 0.2) is 60.9 Å². The molecule has 0 bridgehead atoms. The lowest BCUT2D eigenvalue weighted by molar-refractivity contribution is 0.0695. The van der Waals surface area contributed by atoms with E-state index in [1.54, 1.807) is 18.5 Å². The van der Waals surface area contributed by atoms with Gasteiger partial charge in [0.25, 0.3) is 0 Å². The van der Waals surface area contributed by atoms with Crippen LogP contribution in [0.3, 0.4) is 0 Å². The average Bonchev–Trinajstić information content (AvgIpc) is 3.04. The monoisotopic (exact) mass is 443 g/mol. The van der Waals surface area contributed by atoms with Crippen LogP contribution in [0.1, 0.15) is 71.3 Å². The Morgan fingerprint density at radius 3 is 2.64 bits per heavy atom. The molecule has 0 saturated heterocycles. The molecule has 1 atom stereocenters. The number of nitrogens with one attached hydrogen (secondary N) is 1. The molecule has 0 aliphatic carbocycles. The van der Waals surface area contributed by atoms with E-state index in [1.807, 2.05) is 0 Å². The van der Waals surface area contributed by atoms with E-state index in [0.29, 0.717) is 17.9 Å². The summed E-state index contributed by atoms with van der Waals surface area (Å²) in [6, 6.07) is 17.4. The number of nitrogens with zero attached hydrogens (tertiary/aromatic N) is 2. The molecule has 172 valence electrons. The van der Waals surface area contributed by atoms with Crippen molar-refractivity contribution in [2.75, 3.05) is 18.5 Å². The Hall–Kier alpha value is -3.18. The smallest absolute Gasteiger partial charge is 0.336 e. The predicted molar refractivity (Wildman–Crippen MR) is 134 cm³/mol. The Balaban J connectivity index is 1.54. The second-order valence-corrected chi connectivity index (χ2v) is 9.18. The number of anilines is 2. The van der Waals surface area contributed by atoms with Crippen LogP contribution in [0, 0.1) is 0 Å². The number of carbonyl (C=O) groups is 1. The van der Waals surface area contributed by atoms with Gasteiger partial charge >= 0.3 is 5.97 Å². The standard InChI is InChI=1S/C28H33N3O2/c1-19(2)20-6-9-23(10-7-20)31(3)24-11-12-25-21(17-24)5-4-15-30-27(25)13-8-22-18-29-16-14-26(22)28(32)33/h6-7,9-12,14,16-19,27,30H,4-5,8,13,15H2,1-3H3,(H,32,33)/t27-/m0/s1. The first-order valence-corrected chi connectivity index (χ1v) is 11.8. The minimum absolute atomic E-state index is 0.203. The Morgan fingerprint density at radius 2 is 1.91 bits per heavy atom. The second-order valence-electron chi connectivity index (χ2n) is 9.18. The van der Waals surface area contributed by atoms with E-state index in [-0.39, 0.29) is 6.04 Å². The highest BCUT2D eigenvalue weighted by atomic mass is 16.4. The average molecular weight is 444 g/mol. The fourth-order valence-electron chi connectivity index (χ4n) is 4.65. The topological polar surface area (TPSA) is 65.5 Å². The normalized spacial score (nSPS) is 15.7. The highest BCUT2D eigenvalue weighted by Gasteiger charge is 2.20. The third-order valence-electron chi connectivity index (χ3n) is 6.69. The van der Waals surface area contributed by atoms with Crippen LogP contribution in [0.5, 0.6) is 0 Å². The van der Waals surface area contributed by atoms with Crippen molar-refractivity contribution >= 4 is 17.3 Å². The summed E-state index contributed by atoms with van der Waals surface area (Å²) in [4.78, 5) is 17.9. The van der Waals surface area contributed by atoms with Crippen LogP contribution >= 0.6 is 0 Å². The molecule has 2 heterocycles. The van der Waals surface area contributed by atoms with E-state index in [4.69, 9.17) is 0 Å². The van der Waals surface area contributed by atoms with Gasteiger partial charge < -0.3 is 15.3 Å². The summed E-state index contributed by atoms with van der Waals surface area (Å²) in [7, 11) is 2.12. The summed E-state index contributed by atoms with van der Waals surface area (Å²) < 4.78 is 0. The molecule has 1 aromatic heterocycles. The number of carboxylic acids is 1. The van der Waals surface area contributed by atoms with E-state index >= 15 is 0 Å². The molecule has 4 rings (SSSR count). The number of fused-ring (bicyclic) bond motifs is 1. The van der Waals surface area contributed by atoms with Crippen molar-refractivity contribution in [1.29, 1.82) is 0 Å². The van der Waals surface area contributed by atoms with Gasteiger partial charge in [-0.15, -0.1) is 0 Å². The first kappa shape index (κ1) is 23.0. The molecule has 2 aromatic carbocycles. The van der Waals surface area contributed by atoms with Crippen LogP contribution in [-0.2, 0) is 12.8 Å². The molecule has 1 aliphatic heterocycles. The van der Waals surface area contributed by atoms with Crippen LogP contribution < -0.4 is 10.2 Å². The lowest BCUT2D eigenvalue weighted by Gasteiger charge is -2.24. The van der Waals surface area contributed by atoms with Crippen LogP contribution in [0.2, 0.25) is 0 Å². The zero-order valence-corrected chi connectivity index (χ0v) is 19.7. The molecule has 2 N–H and O–H groups in total. The van der Waals surface area contributed by atoms with Gasteiger partial charge in [-0.05, 0) is 90.7 Å². The van der Waals surface area contributed by atoms with Gasteiger partial charge in [-0.25, -0.2) is 4.79 Å². The minimum atomic E-state index is -0.893. The number of hydrogen-bond donors (Lipinski definition) is 2. The third-order valence-corrected chi connectivity index (χ3v) is 6.69. The van der Waals surface area contributed by atoms with Crippen molar-refractivity contribution in [2.24, 2.45) is 0 Å². The molecule has 0 unspecified atom stereocenters. The van der Waals surface area contributed by atoms with Crippen molar-refractivity contribution in [3.63, 3.8) is 0 Å². The predicted octanol–water partition coefficient (Wildman–Crippen LogP) is 5.88. The van der Waals surface area contributed by atoms with E-state index in [9.17, 15) is 9.90 Å². The van der Waals surface area contributed by atoms with Gasteiger partial charge in [-0.1, -0.05) is 32.0 Å². The molecule has 0 fully saturated rings. The molecule has 0 spiro atoms. The minimum Gasteiger partial charge on any atom is -0.478 e. The van der Waals surface area contributed by atoms with Crippen molar-refractivity contribution in [2.45, 2.75) is 51.5 Å². The van der Waals surface area contributed by atoms with Gasteiger partial charge in [-0.3, -0.25) is 4.98 Å². The summed E-state index contributed by atoms with van der Waals surface area (Å²) in [6.07, 6.45) is 6.87. The van der Waals surface area contributed by atoms with Gasteiger partial charge in [0.05, 0.1) is 5.56 Å². The molecular formula is C28H33N3O2. The molecule has 1 aliphatic rings. The summed E-state index contributed by atoms with van der Waals surface area (Å²) in [5.74, 6) is -0.365. The highest BCUT2D eigenvalue weighted by Crippen LogP contribution is 2.32. The third kappa shape index (κ3) is 5.25. The maximum Gasteiger partial charge on any atom is 0.336 e. The van der Waals surface area contributed by atoms with Gasteiger partial charge in [-0.2, -0.15) is 0 Å². The summed E-state index contributed by atoms with van der Waals surface area (Å²) in [5, 5.41) is 13.1. The molecule has 0 amide bonds. The van der Waals surface area contributed by atoms with Gasteiger partial charge in [0.1, 0.15) is 0 Å². The van der Waals surface area contributed by atoms with Crippen molar-refractivity contribution < 1.29 is 9.90 Å². The fourth-order valence-corrected chi connectivity index (χ4v) is 4.65. The highest BCUT2D eigenvalue weighted by molar-refractivity contribution is 5.89. The van der Waals surface area contributed by atoms with Crippen LogP contribution in [0.4, 0.5) is 11.4 Å². The number of aromatic nitrogens is 1. The SMILES string of the molecule is CC(C)c1ccc(N(C)c2ccc3c(c2)CCCN[C@H]3CCc2cnccc2C(=O)O)cc1. The molecule has 0 saturated carbocycles. The lowest BCUT2D eigenvalue weighted by atomic mass is 9.93. The molecule has 0 radical (unpaired) electrons. The molecule has 5 nitrogen and oxygen atoms in total. The number of pyridine rings is 1. The number of rotatable bonds is 7. The summed E-state index contributed by atoms with van der Waals surface area (Å²) in [5.41, 5.74) is 7.55. The van der Waals surface area contributed by atoms with E-state index < -0.39 is 5.97 Å². The number of aryl methyl sites for hydroxylation is 2. The van der Waals surface area contributed by atoms with Gasteiger partial charge in [0.2, 0.25) is 0 Å². The number of carboxylic acid groups (broad SMARTS) is 1. The Labute approximate surface area is 196 Å². The maximum atomic E-state index is 11.5. The largest absolute Gasteiger partial charge is 0.478 e. The molecule has 5 heteroatoms. The van der Waals surface area contributed by atoms with E-state index in [0.717, 1.165) is 31.4 Å². The fraction of sp³-hybridized carbons (Fsp3) is 0.357. The molecule has 33 heavy (non-hydrogen) atoms.